The van der Waals surface area contributed by atoms with Crippen molar-refractivity contribution in [1.29, 1.82) is 0 Å². The molecule has 0 bridgehead atoms. The number of nitrogens with zero attached hydrogens (tertiary/aromatic N) is 2. The number of aryl methyl sites for hydroxylation is 1. The van der Waals surface area contributed by atoms with E-state index in [1.165, 1.54) is 18.0 Å². The fourth-order valence-electron chi connectivity index (χ4n) is 2.55. The first-order valence-corrected chi connectivity index (χ1v) is 7.87. The summed E-state index contributed by atoms with van der Waals surface area (Å²) in [6.07, 6.45) is 5.63. The van der Waals surface area contributed by atoms with Gasteiger partial charge in [0.1, 0.15) is 5.00 Å². The molecule has 2 N–H and O–H groups in total. The van der Waals surface area contributed by atoms with Crippen LogP contribution in [0, 0.1) is 12.8 Å². The number of hydrogen-bond donors (Lipinski definition) is 2. The fraction of sp³-hybridized carbons (Fsp3) is 0.400. The Kier molecular flexibility index (Phi) is 4.26. The van der Waals surface area contributed by atoms with Crippen molar-refractivity contribution in [3.8, 4) is 0 Å². The summed E-state index contributed by atoms with van der Waals surface area (Å²) < 4.78 is 4.15. The zero-order valence-electron chi connectivity index (χ0n) is 11.9. The van der Waals surface area contributed by atoms with Crippen LogP contribution in [0.5, 0.6) is 0 Å². The first-order valence-electron chi connectivity index (χ1n) is 7.10. The van der Waals surface area contributed by atoms with Crippen LogP contribution in [0.2, 0.25) is 0 Å². The molecule has 110 valence electrons. The average molecular weight is 302 g/mol. The molecular weight excluding hydrogens is 284 g/mol. The van der Waals surface area contributed by atoms with E-state index in [1.807, 2.05) is 25.3 Å². The number of nitrogens with one attached hydrogen (secondary N) is 2. The molecule has 1 amide bonds. The van der Waals surface area contributed by atoms with Gasteiger partial charge in [0.2, 0.25) is 0 Å². The fourth-order valence-corrected chi connectivity index (χ4v) is 3.21. The van der Waals surface area contributed by atoms with Gasteiger partial charge < -0.3 is 10.6 Å². The van der Waals surface area contributed by atoms with E-state index in [9.17, 15) is 4.79 Å². The van der Waals surface area contributed by atoms with Crippen LogP contribution in [-0.4, -0.2) is 28.4 Å². The highest BCUT2D eigenvalue weighted by atomic mass is 32.1. The molecule has 0 radical (unpaired) electrons. The van der Waals surface area contributed by atoms with Crippen LogP contribution in [0.1, 0.15) is 28.0 Å². The SMILES string of the molecule is Cc1cc(NC(=O)c2cncc(CC3CCNC3)c2)sn1. The van der Waals surface area contributed by atoms with Crippen LogP contribution in [0.15, 0.2) is 24.5 Å². The largest absolute Gasteiger partial charge is 0.316 e. The Morgan fingerprint density at radius 2 is 2.38 bits per heavy atom. The molecule has 1 atom stereocenters. The molecule has 21 heavy (non-hydrogen) atoms. The van der Waals surface area contributed by atoms with E-state index in [0.717, 1.165) is 35.8 Å². The van der Waals surface area contributed by atoms with Gasteiger partial charge in [-0.15, -0.1) is 0 Å². The van der Waals surface area contributed by atoms with E-state index >= 15 is 0 Å². The van der Waals surface area contributed by atoms with Crippen molar-refractivity contribution >= 4 is 22.4 Å². The summed E-state index contributed by atoms with van der Waals surface area (Å²) in [7, 11) is 0. The third kappa shape index (κ3) is 3.65. The zero-order valence-corrected chi connectivity index (χ0v) is 12.7. The first kappa shape index (κ1) is 14.2. The van der Waals surface area contributed by atoms with Crippen LogP contribution >= 0.6 is 11.5 Å². The molecule has 0 spiro atoms. The number of aromatic nitrogens is 2. The Hall–Kier alpha value is -1.79. The van der Waals surface area contributed by atoms with E-state index in [2.05, 4.69) is 20.0 Å². The van der Waals surface area contributed by atoms with Gasteiger partial charge >= 0.3 is 0 Å². The van der Waals surface area contributed by atoms with Crippen LogP contribution in [-0.2, 0) is 6.42 Å². The van der Waals surface area contributed by atoms with E-state index in [0.29, 0.717) is 11.5 Å². The minimum atomic E-state index is -0.127. The number of pyridine rings is 1. The summed E-state index contributed by atoms with van der Waals surface area (Å²) in [4.78, 5) is 16.4. The summed E-state index contributed by atoms with van der Waals surface area (Å²) in [5, 5.41) is 6.99. The predicted octanol–water partition coefficient (Wildman–Crippen LogP) is 2.25. The smallest absolute Gasteiger partial charge is 0.257 e. The molecule has 1 aliphatic heterocycles. The molecular formula is C15H18N4OS. The van der Waals surface area contributed by atoms with Gasteiger partial charge in [-0.1, -0.05) is 0 Å². The molecule has 1 unspecified atom stereocenters. The molecule has 0 aliphatic carbocycles. The highest BCUT2D eigenvalue weighted by molar-refractivity contribution is 7.10. The number of anilines is 1. The van der Waals surface area contributed by atoms with E-state index in [-0.39, 0.29) is 5.91 Å². The van der Waals surface area contributed by atoms with Crippen molar-refractivity contribution in [1.82, 2.24) is 14.7 Å². The molecule has 6 heteroatoms. The molecule has 0 aromatic carbocycles. The molecule has 3 heterocycles. The third-order valence-corrected chi connectivity index (χ3v) is 4.40. The lowest BCUT2D eigenvalue weighted by Crippen LogP contribution is -2.13. The van der Waals surface area contributed by atoms with Gasteiger partial charge in [-0.3, -0.25) is 9.78 Å². The van der Waals surface area contributed by atoms with Gasteiger partial charge in [0.15, 0.2) is 0 Å². The number of rotatable bonds is 4. The van der Waals surface area contributed by atoms with Crippen molar-refractivity contribution in [2.45, 2.75) is 19.8 Å². The van der Waals surface area contributed by atoms with E-state index in [4.69, 9.17) is 0 Å². The van der Waals surface area contributed by atoms with Gasteiger partial charge in [0, 0.05) is 12.4 Å². The van der Waals surface area contributed by atoms with Gasteiger partial charge in [0.25, 0.3) is 5.91 Å². The topological polar surface area (TPSA) is 66.9 Å². The molecule has 2 aromatic heterocycles. The first-order chi connectivity index (χ1) is 10.2. The monoisotopic (exact) mass is 302 g/mol. The average Bonchev–Trinajstić information content (AvgIpc) is 3.11. The second-order valence-corrected chi connectivity index (χ2v) is 6.24. The highest BCUT2D eigenvalue weighted by Crippen LogP contribution is 2.18. The summed E-state index contributed by atoms with van der Waals surface area (Å²) in [6.45, 7) is 4.05. The Balaban J connectivity index is 1.68. The molecule has 1 aliphatic rings. The normalized spacial score (nSPS) is 17.9. The lowest BCUT2D eigenvalue weighted by Gasteiger charge is -2.09. The molecule has 1 saturated heterocycles. The van der Waals surface area contributed by atoms with E-state index < -0.39 is 0 Å². The summed E-state index contributed by atoms with van der Waals surface area (Å²) in [5.74, 6) is 0.520. The Morgan fingerprint density at radius 1 is 1.48 bits per heavy atom. The molecule has 3 rings (SSSR count). The Morgan fingerprint density at radius 3 is 3.10 bits per heavy atom. The van der Waals surface area contributed by atoms with Gasteiger partial charge in [-0.2, -0.15) is 4.37 Å². The predicted molar refractivity (Wildman–Crippen MR) is 83.7 cm³/mol. The quantitative estimate of drug-likeness (QED) is 0.909. The van der Waals surface area contributed by atoms with Crippen LogP contribution < -0.4 is 10.6 Å². The Labute approximate surface area is 128 Å². The standard InChI is InChI=1S/C15H18N4OS/c1-10-4-14(21-19-10)18-15(20)13-6-12(8-17-9-13)5-11-2-3-16-7-11/h4,6,8-9,11,16H,2-3,5,7H2,1H3,(H,18,20). The third-order valence-electron chi connectivity index (χ3n) is 3.61. The maximum atomic E-state index is 12.2. The van der Waals surface area contributed by atoms with Crippen LogP contribution in [0.25, 0.3) is 0 Å². The number of carbonyl (C=O) groups is 1. The number of carbonyl (C=O) groups excluding carboxylic acids is 1. The van der Waals surface area contributed by atoms with Crippen LogP contribution in [0.3, 0.4) is 0 Å². The molecule has 0 saturated carbocycles. The summed E-state index contributed by atoms with van der Waals surface area (Å²) in [6, 6.07) is 3.80. The van der Waals surface area contributed by atoms with Gasteiger partial charge in [0.05, 0.1) is 11.3 Å². The summed E-state index contributed by atoms with van der Waals surface area (Å²) >= 11 is 1.29. The maximum Gasteiger partial charge on any atom is 0.257 e. The van der Waals surface area contributed by atoms with Crippen molar-refractivity contribution in [3.63, 3.8) is 0 Å². The zero-order chi connectivity index (χ0) is 14.7. The molecule has 2 aromatic rings. The molecule has 5 nitrogen and oxygen atoms in total. The lowest BCUT2D eigenvalue weighted by atomic mass is 9.99. The maximum absolute atomic E-state index is 12.2. The second-order valence-electron chi connectivity index (χ2n) is 5.43. The van der Waals surface area contributed by atoms with Crippen LogP contribution in [0.4, 0.5) is 5.00 Å². The number of hydrogen-bond acceptors (Lipinski definition) is 5. The second kappa shape index (κ2) is 6.32. The lowest BCUT2D eigenvalue weighted by molar-refractivity contribution is 0.102. The Bertz CT molecular complexity index is 634. The molecule has 1 fully saturated rings. The number of amides is 1. The van der Waals surface area contributed by atoms with Gasteiger partial charge in [-0.25, -0.2) is 0 Å². The minimum Gasteiger partial charge on any atom is -0.316 e. The summed E-state index contributed by atoms with van der Waals surface area (Å²) in [5.41, 5.74) is 2.64. The van der Waals surface area contributed by atoms with Crippen molar-refractivity contribution in [2.75, 3.05) is 18.4 Å². The minimum absolute atomic E-state index is 0.127. The van der Waals surface area contributed by atoms with Crippen molar-refractivity contribution in [3.05, 3.63) is 41.3 Å². The highest BCUT2D eigenvalue weighted by Gasteiger charge is 2.16. The van der Waals surface area contributed by atoms with Crippen molar-refractivity contribution < 1.29 is 4.79 Å². The van der Waals surface area contributed by atoms with E-state index in [1.54, 1.807) is 6.20 Å². The van der Waals surface area contributed by atoms with Crippen molar-refractivity contribution in [2.24, 2.45) is 5.92 Å². The van der Waals surface area contributed by atoms with Gasteiger partial charge in [-0.05, 0) is 68.0 Å².